The lowest BCUT2D eigenvalue weighted by Gasteiger charge is -2.41. The summed E-state index contributed by atoms with van der Waals surface area (Å²) in [6.45, 7) is 1.25. The average Bonchev–Trinajstić information content (AvgIpc) is 2.63. The second kappa shape index (κ2) is 8.02. The zero-order chi connectivity index (χ0) is 17.7. The first-order valence-electron chi connectivity index (χ1n) is 8.52. The van der Waals surface area contributed by atoms with Crippen LogP contribution in [-0.4, -0.2) is 35.8 Å². The molecular weight excluding hydrogens is 382 g/mol. The van der Waals surface area contributed by atoms with Gasteiger partial charge in [0.15, 0.2) is 0 Å². The van der Waals surface area contributed by atoms with Gasteiger partial charge in [-0.05, 0) is 29.7 Å². The molecule has 1 aliphatic heterocycles. The number of carbonyl (C=O) groups is 1. The third-order valence-electron chi connectivity index (χ3n) is 4.73. The highest BCUT2D eigenvalue weighted by Crippen LogP contribution is 2.37. The number of nitrogens with zero attached hydrogens (tertiary/aromatic N) is 1. The summed E-state index contributed by atoms with van der Waals surface area (Å²) in [5.41, 5.74) is 1.41. The van der Waals surface area contributed by atoms with Crippen molar-refractivity contribution in [1.82, 2.24) is 4.90 Å². The van der Waals surface area contributed by atoms with E-state index in [0.717, 1.165) is 16.5 Å². The number of rotatable bonds is 6. The lowest BCUT2D eigenvalue weighted by atomic mass is 9.86. The molecule has 4 nitrogen and oxygen atoms in total. The average molecular weight is 404 g/mol. The Morgan fingerprint density at radius 2 is 1.84 bits per heavy atom. The van der Waals surface area contributed by atoms with Gasteiger partial charge in [-0.25, -0.2) is 4.79 Å². The molecule has 0 unspecified atom stereocenters. The highest BCUT2D eigenvalue weighted by Gasteiger charge is 2.41. The van der Waals surface area contributed by atoms with Crippen LogP contribution in [0.25, 0.3) is 0 Å². The quantitative estimate of drug-likeness (QED) is 0.789. The summed E-state index contributed by atoms with van der Waals surface area (Å²) in [4.78, 5) is 14.3. The molecule has 1 heterocycles. The summed E-state index contributed by atoms with van der Waals surface area (Å²) in [6.07, 6.45) is 1.59. The van der Waals surface area contributed by atoms with E-state index in [-0.39, 0.29) is 12.7 Å². The van der Waals surface area contributed by atoms with Crippen molar-refractivity contribution >= 4 is 22.0 Å². The van der Waals surface area contributed by atoms with E-state index in [9.17, 15) is 9.90 Å². The number of ether oxygens (including phenoxy) is 1. The van der Waals surface area contributed by atoms with Crippen molar-refractivity contribution in [3.05, 3.63) is 70.2 Å². The molecule has 0 aromatic heterocycles. The first-order chi connectivity index (χ1) is 12.1. The predicted molar refractivity (Wildman–Crippen MR) is 100 cm³/mol. The van der Waals surface area contributed by atoms with Gasteiger partial charge in [0, 0.05) is 37.0 Å². The zero-order valence-corrected chi connectivity index (χ0v) is 15.6. The standard InChI is InChI=1S/C20H22BrNO3/c21-18-8-6-16(7-9-18)10-13-22-14-11-20(12-15-23,25-19(22)24)17-4-2-1-3-5-17/h1-9,23H,10-15H2/t20-/m0/s1. The molecule has 0 radical (unpaired) electrons. The van der Waals surface area contributed by atoms with Gasteiger partial charge < -0.3 is 14.7 Å². The van der Waals surface area contributed by atoms with Crippen LogP contribution in [0.4, 0.5) is 4.79 Å². The molecule has 0 saturated carbocycles. The minimum Gasteiger partial charge on any atom is -0.438 e. The lowest BCUT2D eigenvalue weighted by Crippen LogP contribution is -2.48. The molecule has 1 amide bonds. The van der Waals surface area contributed by atoms with Gasteiger partial charge in [0.1, 0.15) is 5.60 Å². The van der Waals surface area contributed by atoms with Gasteiger partial charge in [0.05, 0.1) is 0 Å². The highest BCUT2D eigenvalue weighted by molar-refractivity contribution is 9.10. The fraction of sp³-hybridized carbons (Fsp3) is 0.350. The van der Waals surface area contributed by atoms with E-state index in [2.05, 4.69) is 28.1 Å². The van der Waals surface area contributed by atoms with E-state index < -0.39 is 5.60 Å². The van der Waals surface area contributed by atoms with Gasteiger partial charge in [-0.2, -0.15) is 0 Å². The van der Waals surface area contributed by atoms with Gasteiger partial charge >= 0.3 is 6.09 Å². The number of carbonyl (C=O) groups excluding carboxylic acids is 1. The number of aliphatic hydroxyl groups is 1. The van der Waals surface area contributed by atoms with Gasteiger partial charge in [0.2, 0.25) is 0 Å². The molecular formula is C20H22BrNO3. The SMILES string of the molecule is O=C1O[C@@](CCO)(c2ccccc2)CCN1CCc1ccc(Br)cc1. The topological polar surface area (TPSA) is 49.8 Å². The van der Waals surface area contributed by atoms with Crippen LogP contribution in [0.3, 0.4) is 0 Å². The maximum atomic E-state index is 12.5. The van der Waals surface area contributed by atoms with Crippen molar-refractivity contribution in [3.63, 3.8) is 0 Å². The second-order valence-corrected chi connectivity index (χ2v) is 7.23. The molecule has 0 bridgehead atoms. The number of hydrogen-bond acceptors (Lipinski definition) is 3. The number of halogens is 1. The summed E-state index contributed by atoms with van der Waals surface area (Å²) in [7, 11) is 0. The molecule has 0 spiro atoms. The Morgan fingerprint density at radius 3 is 2.48 bits per heavy atom. The molecule has 1 N–H and O–H groups in total. The van der Waals surface area contributed by atoms with Crippen LogP contribution in [-0.2, 0) is 16.8 Å². The van der Waals surface area contributed by atoms with Crippen molar-refractivity contribution in [2.75, 3.05) is 19.7 Å². The van der Waals surface area contributed by atoms with Crippen LogP contribution < -0.4 is 0 Å². The van der Waals surface area contributed by atoms with E-state index in [1.807, 2.05) is 42.5 Å². The summed E-state index contributed by atoms with van der Waals surface area (Å²) in [5, 5.41) is 9.46. The van der Waals surface area contributed by atoms with E-state index >= 15 is 0 Å². The van der Waals surface area contributed by atoms with Crippen molar-refractivity contribution in [2.45, 2.75) is 24.9 Å². The van der Waals surface area contributed by atoms with Crippen LogP contribution in [0.1, 0.15) is 24.0 Å². The molecule has 1 aliphatic rings. The molecule has 1 saturated heterocycles. The first-order valence-corrected chi connectivity index (χ1v) is 9.31. The minimum atomic E-state index is -0.721. The van der Waals surface area contributed by atoms with Gasteiger partial charge in [-0.3, -0.25) is 0 Å². The molecule has 1 atom stereocenters. The third kappa shape index (κ3) is 4.22. The molecule has 132 valence electrons. The van der Waals surface area contributed by atoms with E-state index in [1.54, 1.807) is 4.90 Å². The maximum Gasteiger partial charge on any atom is 0.410 e. The normalized spacial score (nSPS) is 20.4. The smallest absolute Gasteiger partial charge is 0.410 e. The molecule has 0 aliphatic carbocycles. The van der Waals surface area contributed by atoms with Crippen molar-refractivity contribution in [1.29, 1.82) is 0 Å². The highest BCUT2D eigenvalue weighted by atomic mass is 79.9. The summed E-state index contributed by atoms with van der Waals surface area (Å²) in [6, 6.07) is 17.8. The lowest BCUT2D eigenvalue weighted by molar-refractivity contribution is -0.0647. The molecule has 2 aromatic rings. The van der Waals surface area contributed by atoms with Crippen LogP contribution in [0.5, 0.6) is 0 Å². The maximum absolute atomic E-state index is 12.5. The third-order valence-corrected chi connectivity index (χ3v) is 5.25. The Kier molecular flexibility index (Phi) is 5.76. The number of amides is 1. The Hall–Kier alpha value is -1.85. The fourth-order valence-electron chi connectivity index (χ4n) is 3.25. The second-order valence-electron chi connectivity index (χ2n) is 6.32. The molecule has 1 fully saturated rings. The van der Waals surface area contributed by atoms with Crippen LogP contribution in [0.2, 0.25) is 0 Å². The minimum absolute atomic E-state index is 0.0128. The monoisotopic (exact) mass is 403 g/mol. The largest absolute Gasteiger partial charge is 0.438 e. The molecule has 3 rings (SSSR count). The van der Waals surface area contributed by atoms with Gasteiger partial charge in [0.25, 0.3) is 0 Å². The van der Waals surface area contributed by atoms with Crippen LogP contribution in [0, 0.1) is 0 Å². The Morgan fingerprint density at radius 1 is 1.12 bits per heavy atom. The summed E-state index contributed by atoms with van der Waals surface area (Å²) in [5.74, 6) is 0. The van der Waals surface area contributed by atoms with Crippen LogP contribution >= 0.6 is 15.9 Å². The van der Waals surface area contributed by atoms with E-state index in [1.165, 1.54) is 5.56 Å². The van der Waals surface area contributed by atoms with Crippen LogP contribution in [0.15, 0.2) is 59.1 Å². The van der Waals surface area contributed by atoms with E-state index in [0.29, 0.717) is 25.9 Å². The predicted octanol–water partition coefficient (Wildman–Crippen LogP) is 4.11. The fourth-order valence-corrected chi connectivity index (χ4v) is 3.52. The van der Waals surface area contributed by atoms with Crippen molar-refractivity contribution in [2.24, 2.45) is 0 Å². The number of benzene rings is 2. The summed E-state index contributed by atoms with van der Waals surface area (Å²) < 4.78 is 6.89. The van der Waals surface area contributed by atoms with E-state index in [4.69, 9.17) is 4.74 Å². The van der Waals surface area contributed by atoms with Gasteiger partial charge in [-0.1, -0.05) is 58.4 Å². The summed E-state index contributed by atoms with van der Waals surface area (Å²) >= 11 is 3.43. The zero-order valence-electron chi connectivity index (χ0n) is 14.0. The molecule has 2 aromatic carbocycles. The van der Waals surface area contributed by atoms with Crippen molar-refractivity contribution in [3.8, 4) is 0 Å². The number of hydrogen-bond donors (Lipinski definition) is 1. The Bertz CT molecular complexity index is 705. The molecule has 5 heteroatoms. The Balaban J connectivity index is 1.66. The molecule has 25 heavy (non-hydrogen) atoms. The number of cyclic esters (lactones) is 1. The van der Waals surface area contributed by atoms with Gasteiger partial charge in [-0.15, -0.1) is 0 Å². The van der Waals surface area contributed by atoms with Crippen molar-refractivity contribution < 1.29 is 14.6 Å². The number of aliphatic hydroxyl groups excluding tert-OH is 1. The Labute approximate surface area is 156 Å². The first kappa shape index (κ1) is 18.0.